The Morgan fingerprint density at radius 3 is 2.42 bits per heavy atom. The molecule has 2 aromatic rings. The van der Waals surface area contributed by atoms with Crippen molar-refractivity contribution < 1.29 is 14.0 Å². The lowest BCUT2D eigenvalue weighted by molar-refractivity contribution is -0.131. The van der Waals surface area contributed by atoms with Crippen molar-refractivity contribution in [1.29, 1.82) is 0 Å². The Morgan fingerprint density at radius 1 is 1.08 bits per heavy atom. The smallest absolute Gasteiger partial charge is 0.254 e. The second-order valence-electron chi connectivity index (χ2n) is 6.05. The summed E-state index contributed by atoms with van der Waals surface area (Å²) in [5.41, 5.74) is 1.33. The first-order chi connectivity index (χ1) is 11.5. The minimum Gasteiger partial charge on any atom is -0.357 e. The molecule has 24 heavy (non-hydrogen) atoms. The van der Waals surface area contributed by atoms with Crippen molar-refractivity contribution in [2.24, 2.45) is 7.05 Å². The normalized spacial score (nSPS) is 14.8. The Morgan fingerprint density at radius 2 is 1.79 bits per heavy atom. The Bertz CT molecular complexity index is 748. The van der Waals surface area contributed by atoms with E-state index in [9.17, 15) is 14.0 Å². The molecule has 0 radical (unpaired) electrons. The van der Waals surface area contributed by atoms with Crippen LogP contribution in [0.2, 0.25) is 0 Å². The maximum Gasteiger partial charge on any atom is 0.254 e. The molecule has 1 aromatic heterocycles. The fraction of sp³-hybridized carbons (Fsp3) is 0.333. The second kappa shape index (κ2) is 6.86. The molecule has 0 bridgehead atoms. The number of piperazine rings is 1. The van der Waals surface area contributed by atoms with Crippen molar-refractivity contribution in [2.75, 3.05) is 26.2 Å². The first-order valence-corrected chi connectivity index (χ1v) is 7.96. The molecule has 1 saturated heterocycles. The van der Waals surface area contributed by atoms with Crippen LogP contribution < -0.4 is 0 Å². The Kier molecular flexibility index (Phi) is 4.64. The summed E-state index contributed by atoms with van der Waals surface area (Å²) in [6.45, 7) is 1.95. The number of aryl methyl sites for hydroxylation is 1. The van der Waals surface area contributed by atoms with Crippen LogP contribution in [0.1, 0.15) is 15.9 Å². The molecule has 0 N–H and O–H groups in total. The highest BCUT2D eigenvalue weighted by Crippen LogP contribution is 2.12. The lowest BCUT2D eigenvalue weighted by Crippen LogP contribution is -2.51. The summed E-state index contributed by atoms with van der Waals surface area (Å²) < 4.78 is 15.2. The van der Waals surface area contributed by atoms with Crippen molar-refractivity contribution in [2.45, 2.75) is 6.42 Å². The summed E-state index contributed by atoms with van der Waals surface area (Å²) in [4.78, 5) is 28.2. The summed E-state index contributed by atoms with van der Waals surface area (Å²) in [7, 11) is 1.92. The molecule has 5 nitrogen and oxygen atoms in total. The van der Waals surface area contributed by atoms with E-state index >= 15 is 0 Å². The Hall–Kier alpha value is -2.63. The lowest BCUT2D eigenvalue weighted by atomic mass is 10.1. The quantitative estimate of drug-likeness (QED) is 0.860. The summed E-state index contributed by atoms with van der Waals surface area (Å²) in [5.74, 6) is -0.541. The second-order valence-corrected chi connectivity index (χ2v) is 6.05. The van der Waals surface area contributed by atoms with Gasteiger partial charge in [0.1, 0.15) is 5.82 Å². The predicted octanol–water partition coefficient (Wildman–Crippen LogP) is 1.69. The summed E-state index contributed by atoms with van der Waals surface area (Å²) in [5, 5.41) is 0. The minimum atomic E-state index is -0.419. The van der Waals surface area contributed by atoms with Crippen molar-refractivity contribution in [1.82, 2.24) is 14.4 Å². The van der Waals surface area contributed by atoms with Gasteiger partial charge in [0.2, 0.25) is 5.91 Å². The SMILES string of the molecule is Cn1ccc(CC(=O)N2CCN(C(=O)c3cccc(F)c3)CC2)c1. The maximum atomic E-state index is 13.2. The number of benzene rings is 1. The topological polar surface area (TPSA) is 45.6 Å². The summed E-state index contributed by atoms with van der Waals surface area (Å²) >= 11 is 0. The van der Waals surface area contributed by atoms with Gasteiger partial charge in [-0.2, -0.15) is 0 Å². The largest absolute Gasteiger partial charge is 0.357 e. The van der Waals surface area contributed by atoms with Gasteiger partial charge in [0, 0.05) is 51.2 Å². The van der Waals surface area contributed by atoms with Crippen LogP contribution in [0.4, 0.5) is 4.39 Å². The number of rotatable bonds is 3. The van der Waals surface area contributed by atoms with E-state index in [1.54, 1.807) is 15.9 Å². The van der Waals surface area contributed by atoms with E-state index in [4.69, 9.17) is 0 Å². The van der Waals surface area contributed by atoms with Crippen molar-refractivity contribution in [3.8, 4) is 0 Å². The van der Waals surface area contributed by atoms with E-state index < -0.39 is 5.82 Å². The third-order valence-corrected chi connectivity index (χ3v) is 4.24. The third kappa shape index (κ3) is 3.64. The van der Waals surface area contributed by atoms with Gasteiger partial charge in [-0.25, -0.2) is 4.39 Å². The predicted molar refractivity (Wildman–Crippen MR) is 88.0 cm³/mol. The Balaban J connectivity index is 1.55. The molecule has 1 fully saturated rings. The van der Waals surface area contributed by atoms with Crippen LogP contribution in [0.25, 0.3) is 0 Å². The number of halogens is 1. The van der Waals surface area contributed by atoms with Crippen LogP contribution in [-0.4, -0.2) is 52.4 Å². The van der Waals surface area contributed by atoms with Gasteiger partial charge in [-0.3, -0.25) is 9.59 Å². The van der Waals surface area contributed by atoms with Gasteiger partial charge in [-0.1, -0.05) is 6.07 Å². The molecule has 0 saturated carbocycles. The first-order valence-electron chi connectivity index (χ1n) is 7.96. The summed E-state index contributed by atoms with van der Waals surface area (Å²) in [6, 6.07) is 7.63. The molecular formula is C18H20FN3O2. The van der Waals surface area contributed by atoms with Crippen molar-refractivity contribution in [3.63, 3.8) is 0 Å². The van der Waals surface area contributed by atoms with Gasteiger partial charge < -0.3 is 14.4 Å². The Labute approximate surface area is 140 Å². The van der Waals surface area contributed by atoms with Crippen molar-refractivity contribution in [3.05, 3.63) is 59.7 Å². The molecule has 1 aromatic carbocycles. The lowest BCUT2D eigenvalue weighted by Gasteiger charge is -2.34. The maximum absolute atomic E-state index is 13.2. The molecule has 0 atom stereocenters. The molecule has 6 heteroatoms. The molecule has 0 aliphatic carbocycles. The van der Waals surface area contributed by atoms with Gasteiger partial charge in [0.05, 0.1) is 6.42 Å². The first kappa shape index (κ1) is 16.2. The van der Waals surface area contributed by atoms with Crippen LogP contribution in [0, 0.1) is 5.82 Å². The molecule has 3 rings (SSSR count). The number of carbonyl (C=O) groups is 2. The molecule has 2 heterocycles. The van der Waals surface area contributed by atoms with E-state index in [1.807, 2.05) is 30.1 Å². The van der Waals surface area contributed by atoms with Gasteiger partial charge >= 0.3 is 0 Å². The van der Waals surface area contributed by atoms with Gasteiger partial charge in [0.25, 0.3) is 5.91 Å². The number of hydrogen-bond donors (Lipinski definition) is 0. The molecule has 0 unspecified atom stereocenters. The highest BCUT2D eigenvalue weighted by atomic mass is 19.1. The van der Waals surface area contributed by atoms with Gasteiger partial charge in [-0.05, 0) is 29.8 Å². The number of hydrogen-bond acceptors (Lipinski definition) is 2. The fourth-order valence-electron chi connectivity index (χ4n) is 2.91. The minimum absolute atomic E-state index is 0.0686. The average Bonchev–Trinajstić information content (AvgIpc) is 2.99. The molecule has 0 spiro atoms. The van der Waals surface area contributed by atoms with Crippen LogP contribution in [0.5, 0.6) is 0 Å². The summed E-state index contributed by atoms with van der Waals surface area (Å²) in [6.07, 6.45) is 4.22. The average molecular weight is 329 g/mol. The van der Waals surface area contributed by atoms with Crippen LogP contribution in [0.15, 0.2) is 42.7 Å². The van der Waals surface area contributed by atoms with Crippen LogP contribution in [0.3, 0.4) is 0 Å². The zero-order chi connectivity index (χ0) is 17.1. The van der Waals surface area contributed by atoms with E-state index in [-0.39, 0.29) is 11.8 Å². The van der Waals surface area contributed by atoms with Gasteiger partial charge in [-0.15, -0.1) is 0 Å². The molecule has 2 amide bonds. The van der Waals surface area contributed by atoms with E-state index in [0.717, 1.165) is 5.56 Å². The number of nitrogens with zero attached hydrogens (tertiary/aromatic N) is 3. The number of amides is 2. The fourth-order valence-corrected chi connectivity index (χ4v) is 2.91. The van der Waals surface area contributed by atoms with Crippen LogP contribution >= 0.6 is 0 Å². The van der Waals surface area contributed by atoms with Crippen LogP contribution in [-0.2, 0) is 18.3 Å². The zero-order valence-corrected chi connectivity index (χ0v) is 13.6. The molecule has 1 aliphatic rings. The van der Waals surface area contributed by atoms with E-state index in [0.29, 0.717) is 38.2 Å². The highest BCUT2D eigenvalue weighted by molar-refractivity contribution is 5.94. The van der Waals surface area contributed by atoms with E-state index in [1.165, 1.54) is 18.2 Å². The zero-order valence-electron chi connectivity index (χ0n) is 13.6. The monoisotopic (exact) mass is 329 g/mol. The molecular weight excluding hydrogens is 309 g/mol. The van der Waals surface area contributed by atoms with Gasteiger partial charge in [0.15, 0.2) is 0 Å². The molecule has 1 aliphatic heterocycles. The number of carbonyl (C=O) groups excluding carboxylic acids is 2. The highest BCUT2D eigenvalue weighted by Gasteiger charge is 2.25. The van der Waals surface area contributed by atoms with E-state index in [2.05, 4.69) is 0 Å². The van der Waals surface area contributed by atoms with Crippen molar-refractivity contribution >= 4 is 11.8 Å². The number of aromatic nitrogens is 1. The molecule has 126 valence electrons. The standard InChI is InChI=1S/C18H20FN3O2/c1-20-6-5-14(13-20)11-17(23)21-7-9-22(10-8-21)18(24)15-3-2-4-16(19)12-15/h2-6,12-13H,7-11H2,1H3. The third-order valence-electron chi connectivity index (χ3n) is 4.24.